The second kappa shape index (κ2) is 10.7. The van der Waals surface area contributed by atoms with Crippen LogP contribution in [0, 0.1) is 0 Å². The Morgan fingerprint density at radius 2 is 1.20 bits per heavy atom. The lowest BCUT2D eigenvalue weighted by Gasteiger charge is -2.04. The molecule has 2 aromatic heterocycles. The Balaban J connectivity index is 1.39. The maximum atomic E-state index is 5.80. The Morgan fingerprint density at radius 3 is 1.63 bits per heavy atom. The standard InChI is InChI=1S/C22H24N2O2S4/c1-3-5-11-25-15-7-9-19-17(13-15)23-21(27-19)29-30-22-24-18-14-16(26-12-6-4-2)8-10-20(18)28-22/h7-10,13-14H,3-6,11-12H2,1-2H3. The number of unbranched alkanes of at least 4 members (excludes halogenated alkanes) is 2. The second-order valence-electron chi connectivity index (χ2n) is 6.79. The number of hydrogen-bond donors (Lipinski definition) is 0. The van der Waals surface area contributed by atoms with Gasteiger partial charge in [0.15, 0.2) is 8.68 Å². The van der Waals surface area contributed by atoms with Gasteiger partial charge in [0.1, 0.15) is 11.5 Å². The van der Waals surface area contributed by atoms with Crippen LogP contribution in [0.5, 0.6) is 11.5 Å². The molecular formula is C22H24N2O2S4. The average Bonchev–Trinajstić information content (AvgIpc) is 3.35. The molecule has 4 aromatic rings. The van der Waals surface area contributed by atoms with Crippen molar-refractivity contribution in [3.8, 4) is 11.5 Å². The molecular weight excluding hydrogens is 453 g/mol. The molecule has 0 aliphatic rings. The van der Waals surface area contributed by atoms with Crippen LogP contribution in [0.15, 0.2) is 45.1 Å². The molecule has 30 heavy (non-hydrogen) atoms. The molecule has 0 aliphatic carbocycles. The van der Waals surface area contributed by atoms with Crippen LogP contribution in [-0.4, -0.2) is 23.2 Å². The van der Waals surface area contributed by atoms with Gasteiger partial charge in [-0.1, -0.05) is 26.7 Å². The summed E-state index contributed by atoms with van der Waals surface area (Å²) in [5.41, 5.74) is 1.99. The van der Waals surface area contributed by atoms with Crippen LogP contribution in [0.25, 0.3) is 20.4 Å². The van der Waals surface area contributed by atoms with E-state index in [0.717, 1.165) is 70.1 Å². The zero-order valence-corrected chi connectivity index (χ0v) is 20.3. The van der Waals surface area contributed by atoms with Crippen molar-refractivity contribution < 1.29 is 9.47 Å². The average molecular weight is 477 g/mol. The summed E-state index contributed by atoms with van der Waals surface area (Å²) in [7, 11) is 3.33. The van der Waals surface area contributed by atoms with Crippen LogP contribution in [0.3, 0.4) is 0 Å². The van der Waals surface area contributed by atoms with Crippen LogP contribution in [-0.2, 0) is 0 Å². The Bertz CT molecular complexity index is 1020. The van der Waals surface area contributed by atoms with E-state index < -0.39 is 0 Å². The first-order valence-corrected chi connectivity index (χ1v) is 13.9. The minimum atomic E-state index is 0.757. The first kappa shape index (κ1) is 21.7. The zero-order chi connectivity index (χ0) is 20.8. The molecule has 0 spiro atoms. The number of fused-ring (bicyclic) bond motifs is 2. The van der Waals surface area contributed by atoms with Crippen LogP contribution < -0.4 is 9.47 Å². The first-order valence-electron chi connectivity index (χ1n) is 10.2. The van der Waals surface area contributed by atoms with Gasteiger partial charge in [0.25, 0.3) is 0 Å². The Hall–Kier alpha value is -1.48. The summed E-state index contributed by atoms with van der Waals surface area (Å²) in [6.07, 6.45) is 4.41. The maximum absolute atomic E-state index is 5.80. The lowest BCUT2D eigenvalue weighted by molar-refractivity contribution is 0.309. The molecule has 2 aromatic carbocycles. The molecule has 158 valence electrons. The third-order valence-corrected chi connectivity index (χ3v) is 9.44. The van der Waals surface area contributed by atoms with Crippen LogP contribution in [0.4, 0.5) is 0 Å². The van der Waals surface area contributed by atoms with E-state index in [9.17, 15) is 0 Å². The molecule has 0 bridgehead atoms. The number of nitrogens with zero attached hydrogens (tertiary/aromatic N) is 2. The van der Waals surface area contributed by atoms with E-state index in [0.29, 0.717) is 0 Å². The molecule has 0 unspecified atom stereocenters. The minimum Gasteiger partial charge on any atom is -0.494 e. The van der Waals surface area contributed by atoms with Gasteiger partial charge in [0.05, 0.1) is 33.6 Å². The number of rotatable bonds is 11. The summed E-state index contributed by atoms with van der Waals surface area (Å²) in [5, 5.41) is 0. The highest BCUT2D eigenvalue weighted by molar-refractivity contribution is 8.77. The van der Waals surface area contributed by atoms with Gasteiger partial charge < -0.3 is 9.47 Å². The smallest absolute Gasteiger partial charge is 0.162 e. The molecule has 8 heteroatoms. The highest BCUT2D eigenvalue weighted by Crippen LogP contribution is 2.44. The lowest BCUT2D eigenvalue weighted by Crippen LogP contribution is -1.95. The third-order valence-electron chi connectivity index (χ3n) is 4.40. The predicted octanol–water partition coefficient (Wildman–Crippen LogP) is 8.06. The van der Waals surface area contributed by atoms with Crippen molar-refractivity contribution in [2.45, 2.75) is 48.2 Å². The summed E-state index contributed by atoms with van der Waals surface area (Å²) < 4.78 is 16.0. The summed E-state index contributed by atoms with van der Waals surface area (Å²) in [6, 6.07) is 12.3. The van der Waals surface area contributed by atoms with E-state index in [1.165, 1.54) is 9.40 Å². The number of ether oxygens (including phenoxy) is 2. The summed E-state index contributed by atoms with van der Waals surface area (Å²) in [4.78, 5) is 9.53. The highest BCUT2D eigenvalue weighted by atomic mass is 33.1. The number of aromatic nitrogens is 2. The van der Waals surface area contributed by atoms with Gasteiger partial charge >= 0.3 is 0 Å². The highest BCUT2D eigenvalue weighted by Gasteiger charge is 2.11. The van der Waals surface area contributed by atoms with Crippen molar-refractivity contribution in [3.63, 3.8) is 0 Å². The number of thiazole rings is 2. The molecule has 2 heterocycles. The topological polar surface area (TPSA) is 44.2 Å². The molecule has 0 atom stereocenters. The normalized spacial score (nSPS) is 11.4. The van der Waals surface area contributed by atoms with Gasteiger partial charge in [-0.2, -0.15) is 0 Å². The molecule has 4 rings (SSSR count). The largest absolute Gasteiger partial charge is 0.494 e. The third kappa shape index (κ3) is 5.60. The van der Waals surface area contributed by atoms with E-state index in [1.807, 2.05) is 24.3 Å². The van der Waals surface area contributed by atoms with E-state index in [2.05, 4.69) is 26.0 Å². The minimum absolute atomic E-state index is 0.757. The summed E-state index contributed by atoms with van der Waals surface area (Å²) in [5.74, 6) is 1.79. The van der Waals surface area contributed by atoms with E-state index in [1.54, 1.807) is 44.3 Å². The van der Waals surface area contributed by atoms with Crippen molar-refractivity contribution in [1.82, 2.24) is 9.97 Å². The monoisotopic (exact) mass is 476 g/mol. The first-order chi connectivity index (χ1) is 14.7. The fourth-order valence-electron chi connectivity index (χ4n) is 2.76. The molecule has 0 saturated heterocycles. The Morgan fingerprint density at radius 1 is 0.733 bits per heavy atom. The predicted molar refractivity (Wildman–Crippen MR) is 132 cm³/mol. The van der Waals surface area contributed by atoms with Gasteiger partial charge in [0, 0.05) is 12.1 Å². The summed E-state index contributed by atoms with van der Waals surface area (Å²) in [6.45, 7) is 5.85. The number of hydrogen-bond acceptors (Lipinski definition) is 8. The molecule has 0 saturated carbocycles. The fourth-order valence-corrected chi connectivity index (χ4v) is 7.22. The number of benzene rings is 2. The molecule has 0 fully saturated rings. The van der Waals surface area contributed by atoms with Crippen LogP contribution in [0.1, 0.15) is 39.5 Å². The molecule has 0 N–H and O–H groups in total. The summed E-state index contributed by atoms with van der Waals surface area (Å²) >= 11 is 3.41. The second-order valence-corrected chi connectivity index (χ2v) is 11.5. The van der Waals surface area contributed by atoms with E-state index >= 15 is 0 Å². The van der Waals surface area contributed by atoms with Crippen molar-refractivity contribution in [3.05, 3.63) is 36.4 Å². The van der Waals surface area contributed by atoms with Gasteiger partial charge in [-0.15, -0.1) is 22.7 Å². The zero-order valence-electron chi connectivity index (χ0n) is 17.1. The Labute approximate surface area is 192 Å². The van der Waals surface area contributed by atoms with Crippen molar-refractivity contribution >= 4 is 64.7 Å². The van der Waals surface area contributed by atoms with Gasteiger partial charge in [-0.25, -0.2) is 9.97 Å². The van der Waals surface area contributed by atoms with Crippen molar-refractivity contribution in [2.75, 3.05) is 13.2 Å². The van der Waals surface area contributed by atoms with Gasteiger partial charge in [0.2, 0.25) is 0 Å². The maximum Gasteiger partial charge on any atom is 0.162 e. The quantitative estimate of drug-likeness (QED) is 0.161. The van der Waals surface area contributed by atoms with Crippen LogP contribution in [0.2, 0.25) is 0 Å². The van der Waals surface area contributed by atoms with Gasteiger partial charge in [-0.05, 0) is 58.7 Å². The SMILES string of the molecule is CCCCOc1ccc2sc(SSc3nc4cc(OCCCC)ccc4s3)nc2c1. The van der Waals surface area contributed by atoms with E-state index in [4.69, 9.17) is 19.4 Å². The van der Waals surface area contributed by atoms with E-state index in [-0.39, 0.29) is 0 Å². The van der Waals surface area contributed by atoms with Gasteiger partial charge in [-0.3, -0.25) is 0 Å². The molecule has 4 nitrogen and oxygen atoms in total. The lowest BCUT2D eigenvalue weighted by atomic mass is 10.3. The molecule has 0 aliphatic heterocycles. The molecule has 0 amide bonds. The van der Waals surface area contributed by atoms with Crippen molar-refractivity contribution in [2.24, 2.45) is 0 Å². The van der Waals surface area contributed by atoms with Crippen molar-refractivity contribution in [1.29, 1.82) is 0 Å². The fraction of sp³-hybridized carbons (Fsp3) is 0.364. The van der Waals surface area contributed by atoms with Crippen LogP contribution >= 0.6 is 44.3 Å². The molecule has 0 radical (unpaired) electrons. The Kier molecular flexibility index (Phi) is 7.76.